The normalized spacial score (nSPS) is 19.4. The van der Waals surface area contributed by atoms with E-state index in [4.69, 9.17) is 33.7 Å². The molecule has 2 heterocycles. The number of piperidine rings is 1. The highest BCUT2D eigenvalue weighted by molar-refractivity contribution is 6.42. The molecular formula is C29H37Cl2N3O3. The lowest BCUT2D eigenvalue weighted by Crippen LogP contribution is -2.54. The van der Waals surface area contributed by atoms with E-state index in [0.29, 0.717) is 62.1 Å². The summed E-state index contributed by atoms with van der Waals surface area (Å²) < 4.78 is 6.08. The van der Waals surface area contributed by atoms with Gasteiger partial charge in [0, 0.05) is 19.6 Å². The molecule has 1 atom stereocenters. The Labute approximate surface area is 230 Å². The van der Waals surface area contributed by atoms with Crippen LogP contribution in [0.1, 0.15) is 50.2 Å². The van der Waals surface area contributed by atoms with E-state index < -0.39 is 11.5 Å². The molecule has 37 heavy (non-hydrogen) atoms. The molecule has 0 saturated carbocycles. The molecule has 0 unspecified atom stereocenters. The van der Waals surface area contributed by atoms with Gasteiger partial charge >= 0.3 is 0 Å². The number of hydrogen-bond acceptors (Lipinski definition) is 4. The van der Waals surface area contributed by atoms with Gasteiger partial charge in [-0.25, -0.2) is 0 Å². The second-order valence-corrected chi connectivity index (χ2v) is 11.0. The summed E-state index contributed by atoms with van der Waals surface area (Å²) >= 11 is 12.1. The largest absolute Gasteiger partial charge is 0.491 e. The van der Waals surface area contributed by atoms with Crippen molar-refractivity contribution < 1.29 is 14.3 Å². The molecular weight excluding hydrogens is 509 g/mol. The van der Waals surface area contributed by atoms with Crippen molar-refractivity contribution in [3.05, 3.63) is 63.6 Å². The van der Waals surface area contributed by atoms with Crippen LogP contribution in [0.2, 0.25) is 10.0 Å². The standard InChI is InChI=1S/C29H37Cl2N3O3/c1-2-33-17-18-37-26-9-4-3-7-22(26)8-5-6-12-29(28(33)36)13-15-34(16-14-29)27(35)25(32)20-21-10-11-23(30)24(31)19-21/h3-4,7,9-11,19,25H,2,5-6,8,12-18,20,32H2,1H3/t25-/m1/s1. The molecule has 2 aromatic rings. The molecule has 200 valence electrons. The number of fused-ring (bicyclic) bond motifs is 1. The highest BCUT2D eigenvalue weighted by Gasteiger charge is 2.44. The molecule has 8 heteroatoms. The van der Waals surface area contributed by atoms with E-state index in [1.165, 1.54) is 5.56 Å². The van der Waals surface area contributed by atoms with Crippen molar-refractivity contribution in [2.45, 2.75) is 57.9 Å². The number of likely N-dealkylation sites (tertiary alicyclic amines) is 1. The molecule has 4 rings (SSSR count). The summed E-state index contributed by atoms with van der Waals surface area (Å²) in [5.41, 5.74) is 7.96. The van der Waals surface area contributed by atoms with Gasteiger partial charge in [0.05, 0.1) is 28.0 Å². The van der Waals surface area contributed by atoms with Gasteiger partial charge in [-0.05, 0) is 74.8 Å². The third-order valence-corrected chi connectivity index (χ3v) is 8.59. The van der Waals surface area contributed by atoms with Crippen LogP contribution in [-0.4, -0.2) is 60.4 Å². The second-order valence-electron chi connectivity index (χ2n) is 10.2. The Morgan fingerprint density at radius 3 is 2.54 bits per heavy atom. The van der Waals surface area contributed by atoms with Gasteiger partial charge in [0.2, 0.25) is 11.8 Å². The Morgan fingerprint density at radius 2 is 1.81 bits per heavy atom. The smallest absolute Gasteiger partial charge is 0.239 e. The molecule has 2 aromatic carbocycles. The molecule has 0 aromatic heterocycles. The third-order valence-electron chi connectivity index (χ3n) is 7.85. The zero-order valence-corrected chi connectivity index (χ0v) is 23.1. The van der Waals surface area contributed by atoms with Crippen molar-refractivity contribution in [2.24, 2.45) is 11.1 Å². The predicted molar refractivity (Wildman–Crippen MR) is 148 cm³/mol. The fourth-order valence-corrected chi connectivity index (χ4v) is 5.92. The zero-order valence-electron chi connectivity index (χ0n) is 21.6. The summed E-state index contributed by atoms with van der Waals surface area (Å²) in [5, 5.41) is 0.930. The first-order valence-corrected chi connectivity index (χ1v) is 14.1. The number of ether oxygens (including phenoxy) is 1. The van der Waals surface area contributed by atoms with Crippen molar-refractivity contribution in [3.8, 4) is 5.75 Å². The SMILES string of the molecule is CCN1CCOc2ccccc2CCCCC2(CCN(C(=O)[C@H](N)Cc3ccc(Cl)c(Cl)c3)CC2)C1=O. The lowest BCUT2D eigenvalue weighted by Gasteiger charge is -2.44. The van der Waals surface area contributed by atoms with E-state index in [1.807, 2.05) is 34.9 Å². The number of carbonyl (C=O) groups excluding carboxylic acids is 2. The number of nitrogens with two attached hydrogens (primary N) is 1. The van der Waals surface area contributed by atoms with Crippen LogP contribution in [0.5, 0.6) is 5.75 Å². The van der Waals surface area contributed by atoms with Gasteiger partial charge in [-0.1, -0.05) is 53.9 Å². The number of halogens is 2. The monoisotopic (exact) mass is 545 g/mol. The van der Waals surface area contributed by atoms with Gasteiger partial charge < -0.3 is 20.3 Å². The molecule has 6 nitrogen and oxygen atoms in total. The Kier molecular flexibility index (Phi) is 9.38. The summed E-state index contributed by atoms with van der Waals surface area (Å²) in [6.07, 6.45) is 5.44. The molecule has 1 fully saturated rings. The predicted octanol–water partition coefficient (Wildman–Crippen LogP) is 5.13. The van der Waals surface area contributed by atoms with E-state index in [-0.39, 0.29) is 11.8 Å². The van der Waals surface area contributed by atoms with Gasteiger partial charge in [-0.3, -0.25) is 9.59 Å². The van der Waals surface area contributed by atoms with E-state index in [9.17, 15) is 9.59 Å². The fourth-order valence-electron chi connectivity index (χ4n) is 5.60. The number of benzene rings is 2. The summed E-state index contributed by atoms with van der Waals surface area (Å²) in [5.74, 6) is 1.03. The van der Waals surface area contributed by atoms with Gasteiger partial charge in [0.15, 0.2) is 0 Å². The van der Waals surface area contributed by atoms with Gasteiger partial charge in [-0.2, -0.15) is 0 Å². The summed E-state index contributed by atoms with van der Waals surface area (Å²) in [6, 6.07) is 12.8. The van der Waals surface area contributed by atoms with Crippen LogP contribution < -0.4 is 10.5 Å². The minimum atomic E-state index is -0.664. The molecule has 0 radical (unpaired) electrons. The molecule has 1 spiro atoms. The number of para-hydroxylation sites is 1. The fraction of sp³-hybridized carbons (Fsp3) is 0.517. The highest BCUT2D eigenvalue weighted by atomic mass is 35.5. The van der Waals surface area contributed by atoms with Crippen LogP contribution in [0.3, 0.4) is 0 Å². The van der Waals surface area contributed by atoms with Gasteiger partial charge in [-0.15, -0.1) is 0 Å². The maximum atomic E-state index is 13.8. The van der Waals surface area contributed by atoms with E-state index in [2.05, 4.69) is 12.1 Å². The van der Waals surface area contributed by atoms with Gasteiger partial charge in [0.1, 0.15) is 12.4 Å². The quantitative estimate of drug-likeness (QED) is 0.578. The van der Waals surface area contributed by atoms with Crippen LogP contribution in [-0.2, 0) is 22.4 Å². The summed E-state index contributed by atoms with van der Waals surface area (Å²) in [7, 11) is 0. The minimum Gasteiger partial charge on any atom is -0.491 e. The molecule has 2 N–H and O–H groups in total. The lowest BCUT2D eigenvalue weighted by atomic mass is 9.73. The molecule has 2 aliphatic rings. The maximum absolute atomic E-state index is 13.8. The summed E-state index contributed by atoms with van der Waals surface area (Å²) in [6.45, 7) is 4.77. The molecule has 0 bridgehead atoms. The number of carbonyl (C=O) groups is 2. The molecule has 1 saturated heterocycles. The van der Waals surface area contributed by atoms with Crippen LogP contribution >= 0.6 is 23.2 Å². The number of likely N-dealkylation sites (N-methyl/N-ethyl adjacent to an activating group) is 1. The summed E-state index contributed by atoms with van der Waals surface area (Å²) in [4.78, 5) is 30.8. The van der Waals surface area contributed by atoms with Crippen LogP contribution in [0.15, 0.2) is 42.5 Å². The Morgan fingerprint density at radius 1 is 1.05 bits per heavy atom. The number of hydrogen-bond donors (Lipinski definition) is 1. The maximum Gasteiger partial charge on any atom is 0.239 e. The minimum absolute atomic E-state index is 0.0844. The Balaban J connectivity index is 1.42. The number of amides is 2. The second kappa shape index (κ2) is 12.5. The van der Waals surface area contributed by atoms with Crippen molar-refractivity contribution in [1.82, 2.24) is 9.80 Å². The van der Waals surface area contributed by atoms with E-state index in [1.54, 1.807) is 12.1 Å². The van der Waals surface area contributed by atoms with E-state index >= 15 is 0 Å². The molecule has 0 aliphatic carbocycles. The number of aryl methyl sites for hydroxylation is 1. The Bertz CT molecular complexity index is 1100. The number of nitrogens with zero attached hydrogens (tertiary/aromatic N) is 2. The van der Waals surface area contributed by atoms with Gasteiger partial charge in [0.25, 0.3) is 0 Å². The van der Waals surface area contributed by atoms with Crippen LogP contribution in [0.25, 0.3) is 0 Å². The average Bonchev–Trinajstić information content (AvgIpc) is 2.91. The third kappa shape index (κ3) is 6.60. The van der Waals surface area contributed by atoms with Crippen molar-refractivity contribution in [3.63, 3.8) is 0 Å². The molecule has 2 amide bonds. The lowest BCUT2D eigenvalue weighted by molar-refractivity contribution is -0.149. The van der Waals surface area contributed by atoms with Crippen molar-refractivity contribution in [1.29, 1.82) is 0 Å². The first-order valence-electron chi connectivity index (χ1n) is 13.3. The van der Waals surface area contributed by atoms with Crippen LogP contribution in [0.4, 0.5) is 0 Å². The highest BCUT2D eigenvalue weighted by Crippen LogP contribution is 2.39. The van der Waals surface area contributed by atoms with Crippen molar-refractivity contribution >= 4 is 35.0 Å². The van der Waals surface area contributed by atoms with E-state index in [0.717, 1.165) is 37.0 Å². The van der Waals surface area contributed by atoms with Crippen LogP contribution in [0, 0.1) is 5.41 Å². The Hall–Kier alpha value is -2.28. The zero-order chi connectivity index (χ0) is 26.4. The topological polar surface area (TPSA) is 75.9 Å². The first kappa shape index (κ1) is 27.7. The molecule has 2 aliphatic heterocycles. The first-order chi connectivity index (χ1) is 17.8. The van der Waals surface area contributed by atoms with Crippen molar-refractivity contribution in [2.75, 3.05) is 32.8 Å². The average molecular weight is 547 g/mol. The number of rotatable bonds is 4.